The van der Waals surface area contributed by atoms with Crippen molar-refractivity contribution in [1.82, 2.24) is 14.8 Å². The smallest absolute Gasteiger partial charge is 0.260 e. The molecular weight excluding hydrogens is 452 g/mol. The number of carbonyl (C=O) groups excluding carboxylic acids is 2. The number of piperidine rings is 1. The second kappa shape index (κ2) is 9.92. The van der Waals surface area contributed by atoms with Crippen LogP contribution in [-0.4, -0.2) is 64.6 Å². The van der Waals surface area contributed by atoms with Crippen LogP contribution >= 0.6 is 11.6 Å². The lowest BCUT2D eigenvalue weighted by Crippen LogP contribution is -2.50. The van der Waals surface area contributed by atoms with Crippen LogP contribution in [0.15, 0.2) is 52.2 Å². The lowest BCUT2D eigenvalue weighted by Gasteiger charge is -2.37. The molecular formula is C26H31ClN4O3. The van der Waals surface area contributed by atoms with E-state index in [1.165, 1.54) is 0 Å². The summed E-state index contributed by atoms with van der Waals surface area (Å²) >= 11 is 6.05. The van der Waals surface area contributed by atoms with Crippen LogP contribution in [0.2, 0.25) is 5.02 Å². The molecule has 1 aromatic heterocycles. The molecule has 2 unspecified atom stereocenters. The van der Waals surface area contributed by atoms with Crippen LogP contribution in [0.4, 0.5) is 0 Å². The van der Waals surface area contributed by atoms with Gasteiger partial charge in [0.2, 0.25) is 5.91 Å². The number of hydrogen-bond donors (Lipinski definition) is 0. The van der Waals surface area contributed by atoms with Gasteiger partial charge >= 0.3 is 0 Å². The Bertz CT molecular complexity index is 1040. The molecule has 8 heteroatoms. The number of rotatable bonds is 5. The van der Waals surface area contributed by atoms with Crippen LogP contribution in [0.25, 0.3) is 0 Å². The summed E-state index contributed by atoms with van der Waals surface area (Å²) in [5.74, 6) is 1.05. The van der Waals surface area contributed by atoms with Crippen LogP contribution in [0, 0.1) is 5.92 Å². The zero-order valence-corrected chi connectivity index (χ0v) is 20.3. The predicted molar refractivity (Wildman–Crippen MR) is 130 cm³/mol. The first-order chi connectivity index (χ1) is 16.5. The Morgan fingerprint density at radius 2 is 1.76 bits per heavy atom. The number of halogens is 1. The lowest BCUT2D eigenvalue weighted by molar-refractivity contribution is -0.140. The maximum atomic E-state index is 13.6. The molecule has 0 radical (unpaired) electrons. The van der Waals surface area contributed by atoms with Gasteiger partial charge in [0.1, 0.15) is 11.8 Å². The molecule has 3 aliphatic rings. The first kappa shape index (κ1) is 23.1. The van der Waals surface area contributed by atoms with Gasteiger partial charge in [-0.3, -0.25) is 14.5 Å². The number of carbonyl (C=O) groups is 2. The largest absolute Gasteiger partial charge is 0.467 e. The van der Waals surface area contributed by atoms with Crippen LogP contribution < -0.4 is 0 Å². The monoisotopic (exact) mass is 482 g/mol. The molecule has 0 N–H and O–H groups in total. The summed E-state index contributed by atoms with van der Waals surface area (Å²) in [6.45, 7) is 5.21. The van der Waals surface area contributed by atoms with Crippen molar-refractivity contribution < 1.29 is 14.0 Å². The molecule has 0 bridgehead atoms. The Kier molecular flexibility index (Phi) is 6.75. The van der Waals surface area contributed by atoms with E-state index in [1.54, 1.807) is 11.3 Å². The maximum absolute atomic E-state index is 13.6. The van der Waals surface area contributed by atoms with E-state index >= 15 is 0 Å². The number of hydrazone groups is 1. The van der Waals surface area contributed by atoms with Crippen molar-refractivity contribution in [1.29, 1.82) is 0 Å². The van der Waals surface area contributed by atoms with Gasteiger partial charge in [-0.2, -0.15) is 5.10 Å². The first-order valence-corrected chi connectivity index (χ1v) is 12.6. The normalized spacial score (nSPS) is 22.8. The van der Waals surface area contributed by atoms with Crippen molar-refractivity contribution in [2.75, 3.05) is 26.2 Å². The van der Waals surface area contributed by atoms with E-state index in [0.717, 1.165) is 68.9 Å². The summed E-state index contributed by atoms with van der Waals surface area (Å²) in [4.78, 5) is 30.6. The van der Waals surface area contributed by atoms with Crippen LogP contribution in [0.5, 0.6) is 0 Å². The third-order valence-corrected chi connectivity index (χ3v) is 7.64. The van der Waals surface area contributed by atoms with E-state index in [0.29, 0.717) is 17.4 Å². The lowest BCUT2D eigenvalue weighted by atomic mass is 9.94. The van der Waals surface area contributed by atoms with Gasteiger partial charge in [-0.25, -0.2) is 5.01 Å². The second-order valence-corrected chi connectivity index (χ2v) is 9.93. The molecule has 0 aliphatic carbocycles. The van der Waals surface area contributed by atoms with Gasteiger partial charge in [0, 0.05) is 30.5 Å². The molecule has 2 fully saturated rings. The second-order valence-electron chi connectivity index (χ2n) is 9.49. The minimum absolute atomic E-state index is 0.0466. The van der Waals surface area contributed by atoms with E-state index in [1.807, 2.05) is 48.2 Å². The number of likely N-dealkylation sites (tertiary alicyclic amines) is 2. The minimum atomic E-state index is -0.325. The Labute approximate surface area is 205 Å². The molecule has 3 aliphatic heterocycles. The van der Waals surface area contributed by atoms with Gasteiger partial charge in [-0.1, -0.05) is 23.7 Å². The Hall–Kier alpha value is -2.64. The zero-order valence-electron chi connectivity index (χ0n) is 19.5. The topological polar surface area (TPSA) is 69.4 Å². The first-order valence-electron chi connectivity index (χ1n) is 12.2. The molecule has 2 saturated heterocycles. The van der Waals surface area contributed by atoms with Gasteiger partial charge in [0.05, 0.1) is 18.0 Å². The summed E-state index contributed by atoms with van der Waals surface area (Å²) in [5, 5.41) is 7.00. The van der Waals surface area contributed by atoms with E-state index in [9.17, 15) is 9.59 Å². The fourth-order valence-electron chi connectivity index (χ4n) is 5.31. The third-order valence-electron chi connectivity index (χ3n) is 7.39. The van der Waals surface area contributed by atoms with E-state index in [4.69, 9.17) is 21.1 Å². The number of hydrogen-bond acceptors (Lipinski definition) is 5. The Morgan fingerprint density at radius 1 is 1.06 bits per heavy atom. The van der Waals surface area contributed by atoms with Crippen molar-refractivity contribution in [3.05, 3.63) is 59.0 Å². The molecule has 4 heterocycles. The Balaban J connectivity index is 1.28. The summed E-state index contributed by atoms with van der Waals surface area (Å²) in [5.41, 5.74) is 1.79. The number of benzene rings is 1. The quantitative estimate of drug-likeness (QED) is 0.636. The van der Waals surface area contributed by atoms with Gasteiger partial charge in [-0.15, -0.1) is 0 Å². The van der Waals surface area contributed by atoms with Gasteiger partial charge < -0.3 is 9.32 Å². The van der Waals surface area contributed by atoms with Gasteiger partial charge in [-0.05, 0) is 75.5 Å². The van der Waals surface area contributed by atoms with Crippen molar-refractivity contribution in [3.63, 3.8) is 0 Å². The highest BCUT2D eigenvalue weighted by Crippen LogP contribution is 2.34. The summed E-state index contributed by atoms with van der Waals surface area (Å²) in [7, 11) is 0. The molecule has 5 rings (SSSR count). The van der Waals surface area contributed by atoms with Crippen molar-refractivity contribution in [2.24, 2.45) is 11.0 Å². The molecule has 180 valence electrons. The predicted octanol–water partition coefficient (Wildman–Crippen LogP) is 4.33. The van der Waals surface area contributed by atoms with Crippen LogP contribution in [-0.2, 0) is 9.59 Å². The molecule has 0 saturated carbocycles. The van der Waals surface area contributed by atoms with Crippen LogP contribution in [0.1, 0.15) is 56.4 Å². The Morgan fingerprint density at radius 3 is 2.41 bits per heavy atom. The highest BCUT2D eigenvalue weighted by atomic mass is 35.5. The minimum Gasteiger partial charge on any atom is -0.467 e. The van der Waals surface area contributed by atoms with Gasteiger partial charge in [0.25, 0.3) is 5.91 Å². The molecule has 1 aromatic carbocycles. The third kappa shape index (κ3) is 4.64. The average Bonchev–Trinajstić information content (AvgIpc) is 3.64. The highest BCUT2D eigenvalue weighted by Gasteiger charge is 2.39. The molecule has 2 atom stereocenters. The fraction of sp³-hybridized carbons (Fsp3) is 0.500. The molecule has 34 heavy (non-hydrogen) atoms. The number of furan rings is 1. The zero-order chi connectivity index (χ0) is 23.7. The van der Waals surface area contributed by atoms with Crippen LogP contribution in [0.3, 0.4) is 0 Å². The molecule has 2 amide bonds. The maximum Gasteiger partial charge on any atom is 0.260 e. The van der Waals surface area contributed by atoms with Crippen molar-refractivity contribution in [3.8, 4) is 0 Å². The molecule has 7 nitrogen and oxygen atoms in total. The van der Waals surface area contributed by atoms with Gasteiger partial charge in [0.15, 0.2) is 0 Å². The van der Waals surface area contributed by atoms with E-state index in [-0.39, 0.29) is 23.9 Å². The van der Waals surface area contributed by atoms with Crippen molar-refractivity contribution in [2.45, 2.75) is 51.1 Å². The molecule has 2 aromatic rings. The summed E-state index contributed by atoms with van der Waals surface area (Å²) in [6.07, 6.45) is 6.04. The standard InChI is InChI=1S/C26H31ClN4O3/c1-18(29-14-10-20(11-15-29)26(33)30-12-2-3-13-30)25(32)31-23(24-5-4-16-34-24)17-22(28-31)19-6-8-21(27)9-7-19/h4-9,16,18,20,23H,2-3,10-15,17H2,1H3. The average molecular weight is 483 g/mol. The van der Waals surface area contributed by atoms with E-state index in [2.05, 4.69) is 4.90 Å². The summed E-state index contributed by atoms with van der Waals surface area (Å²) in [6, 6.07) is 10.7. The highest BCUT2D eigenvalue weighted by molar-refractivity contribution is 6.30. The number of nitrogens with zero attached hydrogens (tertiary/aromatic N) is 4. The van der Waals surface area contributed by atoms with Crippen molar-refractivity contribution >= 4 is 29.1 Å². The SMILES string of the molecule is CC(C(=O)N1N=C(c2ccc(Cl)cc2)CC1c1ccco1)N1CCC(C(=O)N2CCCC2)CC1. The molecule has 0 spiro atoms. The number of amides is 2. The fourth-order valence-corrected chi connectivity index (χ4v) is 5.44. The summed E-state index contributed by atoms with van der Waals surface area (Å²) < 4.78 is 5.67. The van der Waals surface area contributed by atoms with E-state index < -0.39 is 0 Å².